The summed E-state index contributed by atoms with van der Waals surface area (Å²) in [4.78, 5) is 3.83. The molecule has 0 fully saturated rings. The Morgan fingerprint density at radius 3 is 2.48 bits per heavy atom. The van der Waals surface area contributed by atoms with Crippen molar-refractivity contribution in [2.24, 2.45) is 0 Å². The Morgan fingerprint density at radius 2 is 1.87 bits per heavy atom. The molecule has 1 unspecified atom stereocenters. The zero-order valence-corrected chi connectivity index (χ0v) is 12.4. The van der Waals surface area contributed by atoms with Gasteiger partial charge in [-0.15, -0.1) is 0 Å². The minimum Gasteiger partial charge on any atom is -0.378 e. The first-order chi connectivity index (χ1) is 11.0. The van der Waals surface area contributed by atoms with Gasteiger partial charge in [-0.05, 0) is 36.2 Å². The van der Waals surface area contributed by atoms with E-state index in [1.165, 1.54) is 53.7 Å². The number of halogens is 2. The van der Waals surface area contributed by atoms with Crippen LogP contribution in [0.2, 0.25) is 0 Å². The van der Waals surface area contributed by atoms with Gasteiger partial charge in [0.05, 0.1) is 6.54 Å². The van der Waals surface area contributed by atoms with Gasteiger partial charge in [-0.1, -0.05) is 24.3 Å². The average Bonchev–Trinajstić information content (AvgIpc) is 3.00. The number of aliphatic hydroxyl groups is 1. The van der Waals surface area contributed by atoms with E-state index < -0.39 is 17.2 Å². The molecule has 0 saturated heterocycles. The number of nitrogens with zero attached hydrogens (tertiary/aromatic N) is 3. The van der Waals surface area contributed by atoms with Gasteiger partial charge in [-0.25, -0.2) is 18.4 Å². The van der Waals surface area contributed by atoms with E-state index in [1.807, 2.05) is 0 Å². The van der Waals surface area contributed by atoms with E-state index in [9.17, 15) is 13.9 Å². The van der Waals surface area contributed by atoms with E-state index in [0.29, 0.717) is 5.56 Å². The van der Waals surface area contributed by atoms with Gasteiger partial charge in [-0.3, -0.25) is 0 Å². The van der Waals surface area contributed by atoms with Crippen LogP contribution in [-0.4, -0.2) is 19.9 Å². The maximum absolute atomic E-state index is 14.5. The largest absolute Gasteiger partial charge is 0.378 e. The summed E-state index contributed by atoms with van der Waals surface area (Å²) < 4.78 is 29.1. The molecule has 6 heteroatoms. The highest BCUT2D eigenvalue weighted by Gasteiger charge is 2.35. The van der Waals surface area contributed by atoms with E-state index in [1.54, 1.807) is 13.0 Å². The second kappa shape index (κ2) is 5.89. The zero-order chi connectivity index (χ0) is 16.4. The molecule has 1 heterocycles. The minimum absolute atomic E-state index is 0.0430. The molecule has 0 spiro atoms. The van der Waals surface area contributed by atoms with Gasteiger partial charge < -0.3 is 5.11 Å². The number of aryl methyl sites for hydroxylation is 1. The number of aromatic nitrogens is 3. The summed E-state index contributed by atoms with van der Waals surface area (Å²) in [5.74, 6) is -0.960. The molecule has 1 atom stereocenters. The van der Waals surface area contributed by atoms with E-state index in [4.69, 9.17) is 0 Å². The van der Waals surface area contributed by atoms with Crippen LogP contribution >= 0.6 is 0 Å². The maximum Gasteiger partial charge on any atom is 0.137 e. The highest BCUT2D eigenvalue weighted by Crippen LogP contribution is 2.33. The first-order valence-electron chi connectivity index (χ1n) is 7.06. The van der Waals surface area contributed by atoms with Crippen molar-refractivity contribution in [3.63, 3.8) is 0 Å². The highest BCUT2D eigenvalue weighted by atomic mass is 19.1. The number of hydrogen-bond acceptors (Lipinski definition) is 3. The second-order valence-corrected chi connectivity index (χ2v) is 5.44. The Kier molecular flexibility index (Phi) is 3.92. The molecule has 2 aromatic carbocycles. The minimum atomic E-state index is -1.70. The fourth-order valence-electron chi connectivity index (χ4n) is 2.56. The lowest BCUT2D eigenvalue weighted by molar-refractivity contribution is 0.0535. The zero-order valence-electron chi connectivity index (χ0n) is 12.4. The van der Waals surface area contributed by atoms with Crippen LogP contribution in [0.25, 0.3) is 0 Å². The summed E-state index contributed by atoms with van der Waals surface area (Å²) in [5.41, 5.74) is -0.477. The average molecular weight is 315 g/mol. The van der Waals surface area contributed by atoms with Gasteiger partial charge in [0.2, 0.25) is 0 Å². The van der Waals surface area contributed by atoms with Gasteiger partial charge in [0.15, 0.2) is 0 Å². The molecule has 1 aromatic heterocycles. The maximum atomic E-state index is 14.5. The molecule has 118 valence electrons. The van der Waals surface area contributed by atoms with Crippen molar-refractivity contribution in [3.05, 3.63) is 83.4 Å². The van der Waals surface area contributed by atoms with E-state index in [-0.39, 0.29) is 12.1 Å². The lowest BCUT2D eigenvalue weighted by Crippen LogP contribution is -2.34. The van der Waals surface area contributed by atoms with Gasteiger partial charge >= 0.3 is 0 Å². The molecule has 0 saturated carbocycles. The smallest absolute Gasteiger partial charge is 0.137 e. The molecule has 0 aliphatic carbocycles. The Labute approximate surface area is 132 Å². The summed E-state index contributed by atoms with van der Waals surface area (Å²) in [7, 11) is 0. The normalized spacial score (nSPS) is 13.7. The van der Waals surface area contributed by atoms with Crippen molar-refractivity contribution in [2.75, 3.05) is 0 Å². The van der Waals surface area contributed by atoms with E-state index in [0.717, 1.165) is 5.56 Å². The van der Waals surface area contributed by atoms with Crippen LogP contribution in [0.4, 0.5) is 8.78 Å². The SMILES string of the molecule is Cc1ccc(C(O)(Cn2cncn2)c2ccc(F)cc2)c(F)c1. The van der Waals surface area contributed by atoms with Gasteiger partial charge in [0, 0.05) is 5.56 Å². The van der Waals surface area contributed by atoms with Gasteiger partial charge in [0.25, 0.3) is 0 Å². The molecular formula is C17H15F2N3O. The number of benzene rings is 2. The Bertz CT molecular complexity index is 803. The Hall–Kier alpha value is -2.60. The van der Waals surface area contributed by atoms with Crippen LogP contribution < -0.4 is 0 Å². The first-order valence-corrected chi connectivity index (χ1v) is 7.06. The molecule has 4 nitrogen and oxygen atoms in total. The van der Waals surface area contributed by atoms with Crippen molar-refractivity contribution in [1.29, 1.82) is 0 Å². The predicted octanol–water partition coefficient (Wildman–Crippen LogP) is 2.80. The van der Waals surface area contributed by atoms with Crippen LogP contribution in [0.1, 0.15) is 16.7 Å². The molecule has 0 bridgehead atoms. The molecular weight excluding hydrogens is 300 g/mol. The summed E-state index contributed by atoms with van der Waals surface area (Å²) >= 11 is 0. The quantitative estimate of drug-likeness (QED) is 0.805. The molecule has 0 radical (unpaired) electrons. The van der Waals surface area contributed by atoms with E-state index in [2.05, 4.69) is 10.1 Å². The Morgan fingerprint density at radius 1 is 1.13 bits per heavy atom. The van der Waals surface area contributed by atoms with Crippen molar-refractivity contribution >= 4 is 0 Å². The third-order valence-corrected chi connectivity index (χ3v) is 3.75. The molecule has 0 amide bonds. The van der Waals surface area contributed by atoms with Crippen LogP contribution in [0.15, 0.2) is 55.1 Å². The lowest BCUT2D eigenvalue weighted by atomic mass is 9.85. The van der Waals surface area contributed by atoms with Gasteiger partial charge in [0.1, 0.15) is 29.9 Å². The summed E-state index contributed by atoms with van der Waals surface area (Å²) in [6.45, 7) is 1.72. The van der Waals surface area contributed by atoms with Gasteiger partial charge in [-0.2, -0.15) is 5.10 Å². The first kappa shape index (κ1) is 15.3. The molecule has 0 aliphatic heterocycles. The summed E-state index contributed by atoms with van der Waals surface area (Å²) in [6, 6.07) is 9.93. The van der Waals surface area contributed by atoms with E-state index >= 15 is 0 Å². The molecule has 3 aromatic rings. The van der Waals surface area contributed by atoms with Crippen molar-refractivity contribution in [3.8, 4) is 0 Å². The lowest BCUT2D eigenvalue weighted by Gasteiger charge is -2.29. The number of rotatable bonds is 4. The summed E-state index contributed by atoms with van der Waals surface area (Å²) in [5, 5.41) is 15.2. The van der Waals surface area contributed by atoms with Crippen molar-refractivity contribution in [1.82, 2.24) is 14.8 Å². The second-order valence-electron chi connectivity index (χ2n) is 5.44. The monoisotopic (exact) mass is 315 g/mol. The van der Waals surface area contributed by atoms with Crippen LogP contribution in [-0.2, 0) is 12.1 Å². The highest BCUT2D eigenvalue weighted by molar-refractivity contribution is 5.38. The van der Waals surface area contributed by atoms with Crippen LogP contribution in [0.3, 0.4) is 0 Å². The predicted molar refractivity (Wildman–Crippen MR) is 80.6 cm³/mol. The van der Waals surface area contributed by atoms with Crippen LogP contribution in [0, 0.1) is 18.6 Å². The standard InChI is InChI=1S/C17H15F2N3O/c1-12-2-7-15(16(19)8-12)17(23,9-22-11-20-10-21-22)13-3-5-14(18)6-4-13/h2-8,10-11,23H,9H2,1H3. The fourth-order valence-corrected chi connectivity index (χ4v) is 2.56. The van der Waals surface area contributed by atoms with Crippen LogP contribution in [0.5, 0.6) is 0 Å². The molecule has 23 heavy (non-hydrogen) atoms. The Balaban J connectivity index is 2.14. The number of hydrogen-bond donors (Lipinski definition) is 1. The summed E-state index contributed by atoms with van der Waals surface area (Å²) in [6.07, 6.45) is 2.76. The van der Waals surface area contributed by atoms with Crippen molar-refractivity contribution in [2.45, 2.75) is 19.1 Å². The molecule has 0 aliphatic rings. The molecule has 3 rings (SSSR count). The topological polar surface area (TPSA) is 50.9 Å². The fraction of sp³-hybridized carbons (Fsp3) is 0.176. The third-order valence-electron chi connectivity index (χ3n) is 3.75. The van der Waals surface area contributed by atoms with Crippen molar-refractivity contribution < 1.29 is 13.9 Å². The third kappa shape index (κ3) is 2.98. The molecule has 1 N–H and O–H groups in total.